The molecule has 0 spiro atoms. The molecule has 10 nitrogen and oxygen atoms in total. The number of carbonyl (C=O) groups is 2. The molecule has 3 aromatic rings. The number of nitrogens with one attached hydrogen (secondary N) is 1. The second kappa shape index (κ2) is 14.1. The van der Waals surface area contributed by atoms with Crippen LogP contribution in [0.1, 0.15) is 42.5 Å². The zero-order valence-electron chi connectivity index (χ0n) is 24.6. The number of non-ortho nitro benzene ring substituents is 1. The number of hydrogen-bond donors (Lipinski definition) is 1. The second-order valence-corrected chi connectivity index (χ2v) is 12.4. The molecule has 3 aromatic carbocycles. The van der Waals surface area contributed by atoms with Crippen LogP contribution in [0.2, 0.25) is 0 Å². The first-order valence-corrected chi connectivity index (χ1v) is 15.6. The monoisotopic (exact) mass is 594 g/mol. The van der Waals surface area contributed by atoms with Crippen molar-refractivity contribution in [2.75, 3.05) is 17.1 Å². The highest BCUT2D eigenvalue weighted by Crippen LogP contribution is 2.28. The van der Waals surface area contributed by atoms with Gasteiger partial charge in [-0.05, 0) is 43.9 Å². The Labute approximate surface area is 247 Å². The highest BCUT2D eigenvalue weighted by atomic mass is 32.2. The largest absolute Gasteiger partial charge is 0.352 e. The molecule has 0 aliphatic heterocycles. The summed E-state index contributed by atoms with van der Waals surface area (Å²) >= 11 is 0. The van der Waals surface area contributed by atoms with Crippen LogP contribution in [0.15, 0.2) is 72.8 Å². The molecule has 0 unspecified atom stereocenters. The van der Waals surface area contributed by atoms with Crippen LogP contribution < -0.4 is 9.62 Å². The number of hydrogen-bond acceptors (Lipinski definition) is 6. The first kappa shape index (κ1) is 32.3. The second-order valence-electron chi connectivity index (χ2n) is 10.5. The summed E-state index contributed by atoms with van der Waals surface area (Å²) in [6.07, 6.45) is 1.83. The van der Waals surface area contributed by atoms with Crippen LogP contribution in [0.3, 0.4) is 0 Å². The lowest BCUT2D eigenvalue weighted by molar-refractivity contribution is -0.384. The minimum absolute atomic E-state index is 0.0271. The number of sulfonamides is 1. The topological polar surface area (TPSA) is 130 Å². The Kier molecular flexibility index (Phi) is 10.8. The number of carbonyl (C=O) groups excluding carboxylic acids is 2. The highest BCUT2D eigenvalue weighted by Gasteiger charge is 2.34. The third-order valence-electron chi connectivity index (χ3n) is 7.06. The van der Waals surface area contributed by atoms with Crippen molar-refractivity contribution in [3.8, 4) is 0 Å². The van der Waals surface area contributed by atoms with Crippen molar-refractivity contribution in [3.63, 3.8) is 0 Å². The average molecular weight is 595 g/mol. The molecular formula is C31H38N4O6S. The van der Waals surface area contributed by atoms with Gasteiger partial charge in [0.25, 0.3) is 5.69 Å². The number of amides is 2. The van der Waals surface area contributed by atoms with Gasteiger partial charge in [-0.1, -0.05) is 73.2 Å². The van der Waals surface area contributed by atoms with Gasteiger partial charge >= 0.3 is 0 Å². The molecule has 224 valence electrons. The Morgan fingerprint density at radius 3 is 2.24 bits per heavy atom. The van der Waals surface area contributed by atoms with Crippen LogP contribution in [0.4, 0.5) is 11.4 Å². The predicted octanol–water partition coefficient (Wildman–Crippen LogP) is 4.53. The van der Waals surface area contributed by atoms with Crippen molar-refractivity contribution in [1.82, 2.24) is 10.2 Å². The van der Waals surface area contributed by atoms with Gasteiger partial charge in [0.1, 0.15) is 12.6 Å². The van der Waals surface area contributed by atoms with E-state index >= 15 is 0 Å². The van der Waals surface area contributed by atoms with Crippen LogP contribution >= 0.6 is 0 Å². The SMILES string of the molecule is CC[C@H](C)NC(=O)[C@H](Cc1ccccc1)N(Cc1cccc(C)c1)C(=O)CN(c1cc([N+](=O)[O-])ccc1C)S(C)(=O)=O. The highest BCUT2D eigenvalue weighted by molar-refractivity contribution is 7.92. The van der Waals surface area contributed by atoms with Crippen LogP contribution in [0.5, 0.6) is 0 Å². The average Bonchev–Trinajstić information content (AvgIpc) is 2.93. The molecule has 1 N–H and O–H groups in total. The Morgan fingerprint density at radius 1 is 0.976 bits per heavy atom. The van der Waals surface area contributed by atoms with Crippen molar-refractivity contribution in [2.24, 2.45) is 0 Å². The van der Waals surface area contributed by atoms with Gasteiger partial charge in [0, 0.05) is 31.1 Å². The van der Waals surface area contributed by atoms with Gasteiger partial charge in [-0.2, -0.15) is 0 Å². The normalized spacial score (nSPS) is 12.7. The number of aryl methyl sites for hydroxylation is 2. The molecule has 3 rings (SSSR count). The smallest absolute Gasteiger partial charge is 0.271 e. The van der Waals surface area contributed by atoms with Gasteiger partial charge in [-0.15, -0.1) is 0 Å². The quantitative estimate of drug-likeness (QED) is 0.229. The number of nitrogens with zero attached hydrogens (tertiary/aromatic N) is 3. The summed E-state index contributed by atoms with van der Waals surface area (Å²) < 4.78 is 26.9. The minimum atomic E-state index is -4.06. The fourth-order valence-electron chi connectivity index (χ4n) is 4.58. The van der Waals surface area contributed by atoms with Crippen molar-refractivity contribution in [1.29, 1.82) is 0 Å². The molecule has 2 amide bonds. The lowest BCUT2D eigenvalue weighted by Crippen LogP contribution is -2.54. The van der Waals surface area contributed by atoms with Crippen LogP contribution in [0, 0.1) is 24.0 Å². The van der Waals surface area contributed by atoms with E-state index in [0.717, 1.165) is 33.3 Å². The van der Waals surface area contributed by atoms with Gasteiger partial charge in [-0.25, -0.2) is 8.42 Å². The van der Waals surface area contributed by atoms with E-state index in [-0.39, 0.29) is 36.3 Å². The molecule has 11 heteroatoms. The zero-order valence-corrected chi connectivity index (χ0v) is 25.4. The molecule has 0 fully saturated rings. The lowest BCUT2D eigenvalue weighted by Gasteiger charge is -2.34. The summed E-state index contributed by atoms with van der Waals surface area (Å²) in [6.45, 7) is 6.76. The van der Waals surface area contributed by atoms with E-state index < -0.39 is 33.4 Å². The molecule has 2 atom stereocenters. The first-order valence-electron chi connectivity index (χ1n) is 13.7. The van der Waals surface area contributed by atoms with Crippen LogP contribution in [0.25, 0.3) is 0 Å². The first-order chi connectivity index (χ1) is 19.8. The summed E-state index contributed by atoms with van der Waals surface area (Å²) in [7, 11) is -4.06. The van der Waals surface area contributed by atoms with Gasteiger partial charge in [0.2, 0.25) is 21.8 Å². The Bertz CT molecular complexity index is 1530. The fraction of sp³-hybridized carbons (Fsp3) is 0.355. The molecule has 0 saturated carbocycles. The molecule has 0 radical (unpaired) electrons. The van der Waals surface area contributed by atoms with Gasteiger partial charge < -0.3 is 10.2 Å². The van der Waals surface area contributed by atoms with Crippen molar-refractivity contribution >= 4 is 33.2 Å². The number of nitro groups is 1. The number of anilines is 1. The van der Waals surface area contributed by atoms with Crippen LogP contribution in [-0.2, 0) is 32.6 Å². The Morgan fingerprint density at radius 2 is 1.64 bits per heavy atom. The number of benzene rings is 3. The third-order valence-corrected chi connectivity index (χ3v) is 8.19. The van der Waals surface area contributed by atoms with Gasteiger partial charge in [-0.3, -0.25) is 24.0 Å². The molecule has 0 aliphatic rings. The maximum atomic E-state index is 14.2. The summed E-state index contributed by atoms with van der Waals surface area (Å²) in [5.74, 6) is -0.972. The van der Waals surface area contributed by atoms with Crippen LogP contribution in [-0.4, -0.2) is 54.9 Å². The van der Waals surface area contributed by atoms with Crippen molar-refractivity contribution in [2.45, 2.75) is 59.2 Å². The number of rotatable bonds is 13. The number of nitro benzene ring substituents is 1. The Hall–Kier alpha value is -4.25. The maximum absolute atomic E-state index is 14.2. The standard InChI is InChI=1S/C31H38N4O6S/c1-6-24(4)32-31(37)29(18-25-12-8-7-9-13-25)33(20-26-14-10-11-22(2)17-26)30(36)21-34(42(5,40)41)28-19-27(35(38)39)16-15-23(28)3/h7-17,19,24,29H,6,18,20-21H2,1-5H3,(H,32,37)/t24-,29-/m0/s1. The van der Waals surface area contributed by atoms with E-state index in [1.165, 1.54) is 17.0 Å². The lowest BCUT2D eigenvalue weighted by atomic mass is 10.0. The molecule has 0 aliphatic carbocycles. The minimum Gasteiger partial charge on any atom is -0.352 e. The van der Waals surface area contributed by atoms with E-state index in [1.54, 1.807) is 6.92 Å². The van der Waals surface area contributed by atoms with E-state index in [9.17, 15) is 28.1 Å². The molecular weight excluding hydrogens is 556 g/mol. The summed E-state index contributed by atoms with van der Waals surface area (Å²) in [5, 5.41) is 14.5. The summed E-state index contributed by atoms with van der Waals surface area (Å²) in [5.41, 5.74) is 2.74. The molecule has 0 bridgehead atoms. The molecule has 42 heavy (non-hydrogen) atoms. The van der Waals surface area contributed by atoms with Crippen molar-refractivity contribution < 1.29 is 22.9 Å². The van der Waals surface area contributed by atoms with E-state index in [1.807, 2.05) is 75.4 Å². The molecule has 0 heterocycles. The predicted molar refractivity (Wildman–Crippen MR) is 164 cm³/mol. The zero-order chi connectivity index (χ0) is 31.0. The molecule has 0 aromatic heterocycles. The molecule has 0 saturated heterocycles. The summed E-state index contributed by atoms with van der Waals surface area (Å²) in [4.78, 5) is 40.2. The fourth-order valence-corrected chi connectivity index (χ4v) is 5.48. The van der Waals surface area contributed by atoms with Gasteiger partial charge in [0.15, 0.2) is 0 Å². The van der Waals surface area contributed by atoms with E-state index in [0.29, 0.717) is 12.0 Å². The third kappa shape index (κ3) is 8.62. The maximum Gasteiger partial charge on any atom is 0.271 e. The van der Waals surface area contributed by atoms with E-state index in [2.05, 4.69) is 5.32 Å². The van der Waals surface area contributed by atoms with E-state index in [4.69, 9.17) is 0 Å². The van der Waals surface area contributed by atoms with Crippen molar-refractivity contribution in [3.05, 3.63) is 105 Å². The van der Waals surface area contributed by atoms with Gasteiger partial charge in [0.05, 0.1) is 16.9 Å². The Balaban J connectivity index is 2.11. The summed E-state index contributed by atoms with van der Waals surface area (Å²) in [6, 6.07) is 19.6.